The lowest BCUT2D eigenvalue weighted by atomic mass is 10.0. The summed E-state index contributed by atoms with van der Waals surface area (Å²) >= 11 is 6.00. The van der Waals surface area contributed by atoms with Crippen molar-refractivity contribution in [3.63, 3.8) is 0 Å². The standard InChI is InChI=1S/C30H31ClN4O7S/c1-20(2)15-27(35-30(38)41-19-21-7-4-3-5-8-21)29(37)33-17-22(36)18-34-43(39,40)24-13-11-23(12-14-24)42-28-10-6-9-26(31)25(28)16-32/h3-14,20,27,34H,15,17-19H2,1-2H3,(H,33,37)(H,35,38)/t27-/m0/s1. The highest BCUT2D eigenvalue weighted by molar-refractivity contribution is 7.89. The van der Waals surface area contributed by atoms with Crippen molar-refractivity contribution in [2.45, 2.75) is 37.8 Å². The minimum absolute atomic E-state index is 0.0289. The fourth-order valence-electron chi connectivity index (χ4n) is 3.75. The van der Waals surface area contributed by atoms with E-state index >= 15 is 0 Å². The summed E-state index contributed by atoms with van der Waals surface area (Å²) in [7, 11) is -4.07. The highest BCUT2D eigenvalue weighted by Gasteiger charge is 2.24. The molecule has 0 aliphatic heterocycles. The Morgan fingerprint density at radius 2 is 1.65 bits per heavy atom. The number of carbonyl (C=O) groups is 3. The number of nitrogens with zero attached hydrogens (tertiary/aromatic N) is 1. The molecule has 0 saturated carbocycles. The van der Waals surface area contributed by atoms with E-state index in [9.17, 15) is 28.1 Å². The van der Waals surface area contributed by atoms with E-state index in [1.54, 1.807) is 30.3 Å². The van der Waals surface area contributed by atoms with Gasteiger partial charge in [0.25, 0.3) is 0 Å². The van der Waals surface area contributed by atoms with Crippen molar-refractivity contribution in [1.29, 1.82) is 5.26 Å². The predicted octanol–water partition coefficient (Wildman–Crippen LogP) is 4.31. The molecule has 0 spiro atoms. The first-order chi connectivity index (χ1) is 20.5. The van der Waals surface area contributed by atoms with Crippen molar-refractivity contribution in [1.82, 2.24) is 15.4 Å². The summed E-state index contributed by atoms with van der Waals surface area (Å²) in [5, 5.41) is 14.5. The van der Waals surface area contributed by atoms with Gasteiger partial charge in [-0.25, -0.2) is 17.9 Å². The van der Waals surface area contributed by atoms with Crippen LogP contribution in [0.15, 0.2) is 77.7 Å². The molecule has 3 rings (SSSR count). The fraction of sp³-hybridized carbons (Fsp3) is 0.267. The number of ketones is 1. The number of hydrogen-bond acceptors (Lipinski definition) is 8. The molecule has 3 aromatic carbocycles. The van der Waals surface area contributed by atoms with E-state index in [0.29, 0.717) is 6.42 Å². The number of ether oxygens (including phenoxy) is 2. The summed E-state index contributed by atoms with van der Waals surface area (Å²) in [6, 6.07) is 20.1. The number of rotatable bonds is 14. The van der Waals surface area contributed by atoms with E-state index in [1.807, 2.05) is 38.1 Å². The molecule has 0 radical (unpaired) electrons. The summed E-state index contributed by atoms with van der Waals surface area (Å²) in [5.41, 5.74) is 0.925. The Balaban J connectivity index is 1.49. The van der Waals surface area contributed by atoms with Gasteiger partial charge in [0.15, 0.2) is 5.78 Å². The molecule has 2 amide bonds. The molecule has 1 atom stereocenters. The minimum atomic E-state index is -4.07. The van der Waals surface area contributed by atoms with Crippen LogP contribution in [0, 0.1) is 17.2 Å². The molecule has 0 aliphatic carbocycles. The number of carbonyl (C=O) groups excluding carboxylic acids is 3. The number of sulfonamides is 1. The monoisotopic (exact) mass is 626 g/mol. The molecule has 0 heterocycles. The van der Waals surface area contributed by atoms with Gasteiger partial charge in [-0.15, -0.1) is 0 Å². The first kappa shape index (κ1) is 33.1. The minimum Gasteiger partial charge on any atom is -0.456 e. The number of nitrogens with one attached hydrogen (secondary N) is 3. The lowest BCUT2D eigenvalue weighted by molar-refractivity contribution is -0.126. The Kier molecular flexibility index (Phi) is 12.1. The number of alkyl carbamates (subject to hydrolysis) is 1. The Morgan fingerprint density at radius 1 is 0.953 bits per heavy atom. The topological polar surface area (TPSA) is 164 Å². The zero-order valence-corrected chi connectivity index (χ0v) is 25.1. The van der Waals surface area contributed by atoms with Crippen LogP contribution in [-0.4, -0.2) is 45.3 Å². The molecule has 3 N–H and O–H groups in total. The van der Waals surface area contributed by atoms with E-state index in [-0.39, 0.29) is 39.5 Å². The normalized spacial score (nSPS) is 11.7. The summed E-state index contributed by atoms with van der Waals surface area (Å²) in [4.78, 5) is 37.3. The van der Waals surface area contributed by atoms with Crippen LogP contribution in [0.1, 0.15) is 31.4 Å². The number of halogens is 1. The number of hydrogen-bond donors (Lipinski definition) is 3. The van der Waals surface area contributed by atoms with Gasteiger partial charge in [-0.3, -0.25) is 9.59 Å². The van der Waals surface area contributed by atoms with Gasteiger partial charge in [-0.05, 0) is 54.3 Å². The van der Waals surface area contributed by atoms with Gasteiger partial charge < -0.3 is 20.1 Å². The summed E-state index contributed by atoms with van der Waals surface area (Å²) in [6.45, 7) is 2.75. The molecule has 3 aromatic rings. The van der Waals surface area contributed by atoms with E-state index in [0.717, 1.165) is 5.56 Å². The van der Waals surface area contributed by atoms with Crippen LogP contribution in [0.4, 0.5) is 4.79 Å². The Hall–Kier alpha value is -4.44. The molecule has 0 fully saturated rings. The molecule has 13 heteroatoms. The number of nitriles is 1. The second-order valence-electron chi connectivity index (χ2n) is 9.77. The van der Waals surface area contributed by atoms with Crippen LogP contribution in [-0.2, 0) is 31.0 Å². The average Bonchev–Trinajstić information content (AvgIpc) is 2.98. The number of Topliss-reactive ketones (excluding diaryl/α,β-unsaturated/α-hetero) is 1. The largest absolute Gasteiger partial charge is 0.456 e. The smallest absolute Gasteiger partial charge is 0.408 e. The lowest BCUT2D eigenvalue weighted by Crippen LogP contribution is -2.49. The van der Waals surface area contributed by atoms with Gasteiger partial charge in [0.05, 0.1) is 23.0 Å². The zero-order chi connectivity index (χ0) is 31.4. The molecule has 0 aromatic heterocycles. The molecule has 0 unspecified atom stereocenters. The summed E-state index contributed by atoms with van der Waals surface area (Å²) in [5.74, 6) is -0.673. The third-order valence-corrected chi connectivity index (χ3v) is 7.63. The van der Waals surface area contributed by atoms with Crippen molar-refractivity contribution in [3.8, 4) is 17.6 Å². The van der Waals surface area contributed by atoms with Crippen LogP contribution in [0.3, 0.4) is 0 Å². The van der Waals surface area contributed by atoms with Crippen LogP contribution >= 0.6 is 11.6 Å². The molecular formula is C30H31ClN4O7S. The van der Waals surface area contributed by atoms with E-state index in [2.05, 4.69) is 15.4 Å². The quantitative estimate of drug-likeness (QED) is 0.238. The Labute approximate surface area is 255 Å². The third-order valence-electron chi connectivity index (χ3n) is 5.90. The molecule has 0 saturated heterocycles. The highest BCUT2D eigenvalue weighted by atomic mass is 35.5. The van der Waals surface area contributed by atoms with Gasteiger partial charge in [0.2, 0.25) is 15.9 Å². The van der Waals surface area contributed by atoms with Gasteiger partial charge in [0.1, 0.15) is 35.8 Å². The zero-order valence-electron chi connectivity index (χ0n) is 23.5. The number of amides is 2. The van der Waals surface area contributed by atoms with Gasteiger partial charge >= 0.3 is 6.09 Å². The molecular weight excluding hydrogens is 596 g/mol. The first-order valence-electron chi connectivity index (χ1n) is 13.2. The first-order valence-corrected chi connectivity index (χ1v) is 15.1. The molecule has 0 bridgehead atoms. The average molecular weight is 627 g/mol. The van der Waals surface area contributed by atoms with Crippen molar-refractivity contribution in [2.24, 2.45) is 5.92 Å². The van der Waals surface area contributed by atoms with Crippen molar-refractivity contribution >= 4 is 39.4 Å². The van der Waals surface area contributed by atoms with Gasteiger partial charge in [-0.2, -0.15) is 5.26 Å². The molecule has 0 aliphatic rings. The summed E-state index contributed by atoms with van der Waals surface area (Å²) < 4.78 is 38.4. The highest BCUT2D eigenvalue weighted by Crippen LogP contribution is 2.30. The van der Waals surface area contributed by atoms with Crippen molar-refractivity contribution < 1.29 is 32.3 Å². The van der Waals surface area contributed by atoms with Crippen molar-refractivity contribution in [2.75, 3.05) is 13.1 Å². The maximum absolute atomic E-state index is 12.7. The van der Waals surface area contributed by atoms with E-state index in [4.69, 9.17) is 21.1 Å². The van der Waals surface area contributed by atoms with Gasteiger partial charge in [-0.1, -0.05) is 61.8 Å². The fourth-order valence-corrected chi connectivity index (χ4v) is 4.97. The van der Waals surface area contributed by atoms with Crippen molar-refractivity contribution in [3.05, 3.63) is 88.9 Å². The van der Waals surface area contributed by atoms with Crippen LogP contribution in [0.5, 0.6) is 11.5 Å². The predicted molar refractivity (Wildman–Crippen MR) is 159 cm³/mol. The van der Waals surface area contributed by atoms with Crippen LogP contribution in [0.25, 0.3) is 0 Å². The Bertz CT molecular complexity index is 1570. The molecule has 226 valence electrons. The lowest BCUT2D eigenvalue weighted by Gasteiger charge is -2.20. The van der Waals surface area contributed by atoms with Crippen LogP contribution in [0.2, 0.25) is 5.02 Å². The van der Waals surface area contributed by atoms with E-state index < -0.39 is 46.9 Å². The van der Waals surface area contributed by atoms with Crippen LogP contribution < -0.4 is 20.1 Å². The SMILES string of the molecule is CC(C)C[C@H](NC(=O)OCc1ccccc1)C(=O)NCC(=O)CNS(=O)(=O)c1ccc(Oc2cccc(Cl)c2C#N)cc1. The third kappa shape index (κ3) is 10.4. The second kappa shape index (κ2) is 15.7. The van der Waals surface area contributed by atoms with Gasteiger partial charge in [0, 0.05) is 0 Å². The molecule has 43 heavy (non-hydrogen) atoms. The summed E-state index contributed by atoms with van der Waals surface area (Å²) in [6.07, 6.45) is -0.486. The maximum atomic E-state index is 12.7. The second-order valence-corrected chi connectivity index (χ2v) is 11.9. The maximum Gasteiger partial charge on any atom is 0.408 e. The molecule has 11 nitrogen and oxygen atoms in total. The number of benzene rings is 3. The van der Waals surface area contributed by atoms with E-state index in [1.165, 1.54) is 24.3 Å². The Morgan fingerprint density at radius 3 is 2.30 bits per heavy atom.